The van der Waals surface area contributed by atoms with Crippen molar-refractivity contribution in [1.82, 2.24) is 0 Å². The minimum absolute atomic E-state index is 0.660. The number of benzene rings is 1. The first kappa shape index (κ1) is 9.25. The highest BCUT2D eigenvalue weighted by Crippen LogP contribution is 2.36. The maximum atomic E-state index is 5.64. The topological polar surface area (TPSA) is 12.2 Å². The molecule has 1 aliphatic heterocycles. The van der Waals surface area contributed by atoms with E-state index in [1.54, 1.807) is 0 Å². The Balaban J connectivity index is 2.54. The van der Waals surface area contributed by atoms with Crippen LogP contribution in [0.15, 0.2) is 12.1 Å². The highest BCUT2D eigenvalue weighted by molar-refractivity contribution is 5.60. The summed E-state index contributed by atoms with van der Waals surface area (Å²) in [5, 5.41) is 0. The third-order valence-corrected chi connectivity index (χ3v) is 2.46. The Morgan fingerprint density at radius 1 is 1.43 bits per heavy atom. The zero-order valence-corrected chi connectivity index (χ0v) is 9.00. The molecule has 0 amide bonds. The molecule has 0 aliphatic carbocycles. The maximum Gasteiger partial charge on any atom is 0.292 e. The van der Waals surface area contributed by atoms with Crippen LogP contribution in [0.2, 0.25) is 0 Å². The van der Waals surface area contributed by atoms with Crippen LogP contribution in [0.3, 0.4) is 0 Å². The minimum Gasteiger partial charge on any atom is -0.429 e. The summed E-state index contributed by atoms with van der Waals surface area (Å²) >= 11 is 0. The standard InChI is InChI=1S/C12H16NO/c1-4-5-13-8-14-12-10(3)6-9(2)7-11(12)13/h5-7H,4,8H2,1-3H3/q+1/b13-5-. The lowest BCUT2D eigenvalue weighted by Crippen LogP contribution is -2.05. The van der Waals surface area contributed by atoms with E-state index in [0.717, 1.165) is 12.2 Å². The van der Waals surface area contributed by atoms with Crippen LogP contribution in [0, 0.1) is 13.8 Å². The van der Waals surface area contributed by atoms with Crippen molar-refractivity contribution in [2.45, 2.75) is 27.2 Å². The fraction of sp³-hybridized carbons (Fsp3) is 0.417. The number of aryl methyl sites for hydroxylation is 2. The molecule has 14 heavy (non-hydrogen) atoms. The molecule has 2 rings (SSSR count). The van der Waals surface area contributed by atoms with Crippen molar-refractivity contribution in [2.24, 2.45) is 0 Å². The molecule has 1 aromatic carbocycles. The average Bonchev–Trinajstić information content (AvgIpc) is 2.49. The smallest absolute Gasteiger partial charge is 0.292 e. The Bertz CT molecular complexity index is 394. The van der Waals surface area contributed by atoms with Gasteiger partial charge < -0.3 is 4.74 Å². The molecule has 2 nitrogen and oxygen atoms in total. The van der Waals surface area contributed by atoms with Gasteiger partial charge in [0.05, 0.1) is 0 Å². The van der Waals surface area contributed by atoms with E-state index in [1.807, 2.05) is 0 Å². The van der Waals surface area contributed by atoms with Gasteiger partial charge >= 0.3 is 0 Å². The van der Waals surface area contributed by atoms with Gasteiger partial charge in [-0.25, -0.2) is 0 Å². The van der Waals surface area contributed by atoms with Gasteiger partial charge in [0.25, 0.3) is 12.4 Å². The quantitative estimate of drug-likeness (QED) is 0.620. The van der Waals surface area contributed by atoms with Gasteiger partial charge in [0.15, 0.2) is 0 Å². The van der Waals surface area contributed by atoms with Gasteiger partial charge in [-0.2, -0.15) is 4.58 Å². The SMILES string of the molecule is CC/C=[N+]1/COc2c(C)cc(C)cc21. The van der Waals surface area contributed by atoms with E-state index in [2.05, 4.69) is 43.7 Å². The van der Waals surface area contributed by atoms with Crippen LogP contribution in [0.5, 0.6) is 5.75 Å². The van der Waals surface area contributed by atoms with E-state index in [0.29, 0.717) is 6.73 Å². The van der Waals surface area contributed by atoms with Gasteiger partial charge in [-0.3, -0.25) is 0 Å². The number of fused-ring (bicyclic) bond motifs is 1. The van der Waals surface area contributed by atoms with E-state index >= 15 is 0 Å². The predicted molar refractivity (Wildman–Crippen MR) is 57.7 cm³/mol. The van der Waals surface area contributed by atoms with Gasteiger partial charge in [-0.05, 0) is 25.0 Å². The van der Waals surface area contributed by atoms with Crippen LogP contribution < -0.4 is 4.74 Å². The van der Waals surface area contributed by atoms with E-state index in [4.69, 9.17) is 4.74 Å². The summed E-state index contributed by atoms with van der Waals surface area (Å²) in [6.07, 6.45) is 3.21. The lowest BCUT2D eigenvalue weighted by molar-refractivity contribution is -0.454. The van der Waals surface area contributed by atoms with E-state index < -0.39 is 0 Å². The molecule has 0 aromatic heterocycles. The molecule has 0 radical (unpaired) electrons. The molecule has 1 aromatic rings. The molecule has 1 heterocycles. The van der Waals surface area contributed by atoms with Gasteiger partial charge in [-0.15, -0.1) is 0 Å². The second kappa shape index (κ2) is 3.45. The molecule has 0 unspecified atom stereocenters. The Kier molecular flexibility index (Phi) is 2.28. The first-order valence-corrected chi connectivity index (χ1v) is 5.06. The first-order chi connectivity index (χ1) is 6.72. The molecule has 0 bridgehead atoms. The second-order valence-electron chi connectivity index (χ2n) is 3.76. The molecule has 2 heteroatoms. The summed E-state index contributed by atoms with van der Waals surface area (Å²) in [4.78, 5) is 0. The molecule has 0 N–H and O–H groups in total. The molecule has 0 fully saturated rings. The number of hydrogen-bond donors (Lipinski definition) is 0. The highest BCUT2D eigenvalue weighted by atomic mass is 16.5. The summed E-state index contributed by atoms with van der Waals surface area (Å²) in [6, 6.07) is 4.34. The van der Waals surface area contributed by atoms with Crippen LogP contribution in [-0.2, 0) is 0 Å². The van der Waals surface area contributed by atoms with Crippen LogP contribution in [0.25, 0.3) is 0 Å². The minimum atomic E-state index is 0.660. The van der Waals surface area contributed by atoms with Crippen molar-refractivity contribution < 1.29 is 9.31 Å². The molecule has 0 saturated carbocycles. The molecule has 1 aliphatic rings. The van der Waals surface area contributed by atoms with Gasteiger partial charge in [0.1, 0.15) is 6.21 Å². The van der Waals surface area contributed by atoms with Crippen LogP contribution in [-0.4, -0.2) is 17.5 Å². The van der Waals surface area contributed by atoms with Gasteiger partial charge in [-0.1, -0.05) is 13.0 Å². The zero-order valence-electron chi connectivity index (χ0n) is 9.00. The zero-order chi connectivity index (χ0) is 10.1. The Morgan fingerprint density at radius 2 is 2.21 bits per heavy atom. The third kappa shape index (κ3) is 1.41. The number of hydrogen-bond acceptors (Lipinski definition) is 1. The average molecular weight is 190 g/mol. The van der Waals surface area contributed by atoms with Gasteiger partial charge in [0, 0.05) is 12.5 Å². The largest absolute Gasteiger partial charge is 0.429 e. The van der Waals surface area contributed by atoms with Crippen LogP contribution >= 0.6 is 0 Å². The van der Waals surface area contributed by atoms with Crippen molar-refractivity contribution in [3.05, 3.63) is 23.3 Å². The maximum absolute atomic E-state index is 5.64. The fourth-order valence-electron chi connectivity index (χ4n) is 1.91. The predicted octanol–water partition coefficient (Wildman–Crippen LogP) is 2.78. The fourth-order valence-corrected chi connectivity index (χ4v) is 1.91. The first-order valence-electron chi connectivity index (χ1n) is 5.06. The summed E-state index contributed by atoms with van der Waals surface area (Å²) in [7, 11) is 0. The highest BCUT2D eigenvalue weighted by Gasteiger charge is 2.26. The van der Waals surface area contributed by atoms with E-state index in [1.165, 1.54) is 16.8 Å². The molecule has 74 valence electrons. The molecular formula is C12H16NO+. The lowest BCUT2D eigenvalue weighted by atomic mass is 10.1. The third-order valence-electron chi connectivity index (χ3n) is 2.46. The van der Waals surface area contributed by atoms with E-state index in [-0.39, 0.29) is 0 Å². The molecular weight excluding hydrogens is 174 g/mol. The Morgan fingerprint density at radius 3 is 2.93 bits per heavy atom. The van der Waals surface area contributed by atoms with Crippen LogP contribution in [0.1, 0.15) is 24.5 Å². The summed E-state index contributed by atoms with van der Waals surface area (Å²) in [5.74, 6) is 1.04. The summed E-state index contributed by atoms with van der Waals surface area (Å²) in [5.41, 5.74) is 3.73. The lowest BCUT2D eigenvalue weighted by Gasteiger charge is -1.98. The Labute approximate surface area is 84.8 Å². The normalized spacial score (nSPS) is 16.9. The van der Waals surface area contributed by atoms with Crippen molar-refractivity contribution in [1.29, 1.82) is 0 Å². The molecule has 0 saturated heterocycles. The van der Waals surface area contributed by atoms with Gasteiger partial charge in [0.2, 0.25) is 5.75 Å². The van der Waals surface area contributed by atoms with Crippen molar-refractivity contribution in [2.75, 3.05) is 6.73 Å². The van der Waals surface area contributed by atoms with E-state index in [9.17, 15) is 0 Å². The number of nitrogens with zero attached hydrogens (tertiary/aromatic N) is 1. The molecule has 0 spiro atoms. The van der Waals surface area contributed by atoms with Crippen LogP contribution in [0.4, 0.5) is 5.69 Å². The van der Waals surface area contributed by atoms with Crippen molar-refractivity contribution in [3.8, 4) is 5.75 Å². The monoisotopic (exact) mass is 190 g/mol. The number of ether oxygens (including phenoxy) is 1. The van der Waals surface area contributed by atoms with Crippen molar-refractivity contribution >= 4 is 11.9 Å². The Hall–Kier alpha value is -1.31. The summed E-state index contributed by atoms with van der Waals surface area (Å²) in [6.45, 7) is 7.02. The molecule has 0 atom stereocenters. The second-order valence-corrected chi connectivity index (χ2v) is 3.76. The number of rotatable bonds is 1. The summed E-state index contributed by atoms with van der Waals surface area (Å²) < 4.78 is 7.82. The van der Waals surface area contributed by atoms with Crippen molar-refractivity contribution in [3.63, 3.8) is 0 Å².